The van der Waals surface area contributed by atoms with Gasteiger partial charge in [-0.1, -0.05) is 6.07 Å². The van der Waals surface area contributed by atoms with Crippen LogP contribution in [-0.4, -0.2) is 36.4 Å². The summed E-state index contributed by atoms with van der Waals surface area (Å²) in [4.78, 5) is 22.6. The molecule has 104 valence electrons. The van der Waals surface area contributed by atoms with Crippen molar-refractivity contribution >= 4 is 23.6 Å². The molecule has 1 aromatic carbocycles. The Bertz CT molecular complexity index is 436. The van der Waals surface area contributed by atoms with Crippen molar-refractivity contribution in [2.75, 3.05) is 19.4 Å². The molecule has 2 N–H and O–H groups in total. The van der Waals surface area contributed by atoms with Crippen molar-refractivity contribution in [3.8, 4) is 5.75 Å². The zero-order chi connectivity index (χ0) is 14.1. The number of amides is 1. The Hall–Kier alpha value is -1.69. The molecule has 0 aliphatic carbocycles. The molecule has 0 spiro atoms. The molecule has 0 aliphatic rings. The zero-order valence-corrected chi connectivity index (χ0v) is 11.5. The van der Waals surface area contributed by atoms with Gasteiger partial charge in [0, 0.05) is 11.3 Å². The predicted molar refractivity (Wildman–Crippen MR) is 73.6 cm³/mol. The van der Waals surface area contributed by atoms with Gasteiger partial charge >= 0.3 is 5.97 Å². The van der Waals surface area contributed by atoms with Crippen molar-refractivity contribution in [1.82, 2.24) is 5.32 Å². The van der Waals surface area contributed by atoms with Gasteiger partial charge < -0.3 is 15.2 Å². The molecule has 19 heavy (non-hydrogen) atoms. The quantitative estimate of drug-likeness (QED) is 0.562. The minimum absolute atomic E-state index is 0.228. The molecule has 6 heteroatoms. The van der Waals surface area contributed by atoms with Crippen LogP contribution in [0.4, 0.5) is 0 Å². The summed E-state index contributed by atoms with van der Waals surface area (Å²) in [5, 5.41) is 10.7. The van der Waals surface area contributed by atoms with Crippen LogP contribution in [0.15, 0.2) is 29.2 Å². The lowest BCUT2D eigenvalue weighted by Gasteiger charge is -2.04. The molecule has 0 aliphatic heterocycles. The first-order chi connectivity index (χ1) is 9.11. The lowest BCUT2D eigenvalue weighted by Crippen LogP contribution is -2.28. The van der Waals surface area contributed by atoms with E-state index in [9.17, 15) is 9.59 Å². The minimum Gasteiger partial charge on any atom is -0.497 e. The van der Waals surface area contributed by atoms with Gasteiger partial charge in [-0.15, -0.1) is 11.8 Å². The first-order valence-electron chi connectivity index (χ1n) is 5.87. The van der Waals surface area contributed by atoms with Crippen molar-refractivity contribution in [3.63, 3.8) is 0 Å². The summed E-state index contributed by atoms with van der Waals surface area (Å²) < 4.78 is 5.12. The third-order valence-electron chi connectivity index (χ3n) is 2.29. The Morgan fingerprint density at radius 3 is 2.89 bits per heavy atom. The molecular formula is C13H17NO4S. The molecule has 5 nitrogen and oxygen atoms in total. The lowest BCUT2D eigenvalue weighted by molar-refractivity contribution is -0.137. The average molecular weight is 283 g/mol. The largest absolute Gasteiger partial charge is 0.497 e. The third-order valence-corrected chi connectivity index (χ3v) is 3.37. The number of hydrogen-bond donors (Lipinski definition) is 2. The Morgan fingerprint density at radius 2 is 2.21 bits per heavy atom. The van der Waals surface area contributed by atoms with Gasteiger partial charge in [-0.2, -0.15) is 0 Å². The van der Waals surface area contributed by atoms with Crippen LogP contribution >= 0.6 is 11.8 Å². The Balaban J connectivity index is 2.19. The molecule has 0 unspecified atom stereocenters. The van der Waals surface area contributed by atoms with E-state index in [1.54, 1.807) is 18.9 Å². The van der Waals surface area contributed by atoms with Crippen LogP contribution in [0.25, 0.3) is 0 Å². The maximum Gasteiger partial charge on any atom is 0.322 e. The third kappa shape index (κ3) is 6.71. The fourth-order valence-electron chi connectivity index (χ4n) is 1.38. The lowest BCUT2D eigenvalue weighted by atomic mass is 10.3. The molecule has 0 radical (unpaired) electrons. The van der Waals surface area contributed by atoms with E-state index >= 15 is 0 Å². The molecule has 1 rings (SSSR count). The van der Waals surface area contributed by atoms with Gasteiger partial charge in [0.2, 0.25) is 5.91 Å². The second-order valence-electron chi connectivity index (χ2n) is 3.80. The monoisotopic (exact) mass is 283 g/mol. The summed E-state index contributed by atoms with van der Waals surface area (Å²) in [6.07, 6.45) is 1.04. The van der Waals surface area contributed by atoms with Gasteiger partial charge in [-0.05, 0) is 30.4 Å². The zero-order valence-electron chi connectivity index (χ0n) is 10.7. The number of hydrogen-bond acceptors (Lipinski definition) is 4. The second-order valence-corrected chi connectivity index (χ2v) is 4.97. The fourth-order valence-corrected chi connectivity index (χ4v) is 2.27. The van der Waals surface area contributed by atoms with Crippen LogP contribution in [0.1, 0.15) is 12.8 Å². The number of carboxylic acid groups (broad SMARTS) is 1. The number of carboxylic acids is 1. The molecule has 1 amide bonds. The van der Waals surface area contributed by atoms with Gasteiger partial charge in [0.1, 0.15) is 12.3 Å². The number of thioether (sulfide) groups is 1. The van der Waals surface area contributed by atoms with E-state index < -0.39 is 5.97 Å². The number of carbonyl (C=O) groups is 2. The molecule has 0 saturated heterocycles. The maximum absolute atomic E-state index is 11.3. The number of aliphatic carboxylic acids is 1. The summed E-state index contributed by atoms with van der Waals surface area (Å²) in [5.74, 6) is 0.352. The van der Waals surface area contributed by atoms with Crippen molar-refractivity contribution in [1.29, 1.82) is 0 Å². The summed E-state index contributed by atoms with van der Waals surface area (Å²) in [5.41, 5.74) is 0. The van der Waals surface area contributed by atoms with E-state index in [-0.39, 0.29) is 12.5 Å². The van der Waals surface area contributed by atoms with E-state index in [2.05, 4.69) is 5.32 Å². The van der Waals surface area contributed by atoms with Gasteiger partial charge in [-0.25, -0.2) is 0 Å². The van der Waals surface area contributed by atoms with Crippen LogP contribution in [0.3, 0.4) is 0 Å². The smallest absolute Gasteiger partial charge is 0.322 e. The second kappa shape index (κ2) is 8.42. The highest BCUT2D eigenvalue weighted by atomic mass is 32.2. The SMILES string of the molecule is COc1cccc(SCCCC(=O)NCC(=O)O)c1. The highest BCUT2D eigenvalue weighted by Crippen LogP contribution is 2.23. The van der Waals surface area contributed by atoms with Crippen molar-refractivity contribution in [2.24, 2.45) is 0 Å². The van der Waals surface area contributed by atoms with Gasteiger partial charge in [0.05, 0.1) is 7.11 Å². The summed E-state index contributed by atoms with van der Waals surface area (Å²) in [7, 11) is 1.62. The van der Waals surface area contributed by atoms with E-state index in [4.69, 9.17) is 9.84 Å². The molecule has 1 aromatic rings. The molecule has 0 fully saturated rings. The molecule has 0 bridgehead atoms. The van der Waals surface area contributed by atoms with Crippen molar-refractivity contribution in [2.45, 2.75) is 17.7 Å². The number of benzene rings is 1. The van der Waals surface area contributed by atoms with Gasteiger partial charge in [-0.3, -0.25) is 9.59 Å². The Kier molecular flexibility index (Phi) is 6.81. The summed E-state index contributed by atoms with van der Waals surface area (Å²) in [6.45, 7) is -0.318. The molecule has 0 heterocycles. The van der Waals surface area contributed by atoms with E-state index in [0.29, 0.717) is 12.8 Å². The van der Waals surface area contributed by atoms with Crippen LogP contribution in [0.5, 0.6) is 5.75 Å². The van der Waals surface area contributed by atoms with Crippen LogP contribution < -0.4 is 10.1 Å². The van der Waals surface area contributed by atoms with E-state index in [1.165, 1.54) is 0 Å². The Labute approximate surface area is 116 Å². The van der Waals surface area contributed by atoms with E-state index in [0.717, 1.165) is 16.4 Å². The van der Waals surface area contributed by atoms with Crippen LogP contribution in [0.2, 0.25) is 0 Å². The number of rotatable bonds is 8. The van der Waals surface area contributed by atoms with Crippen LogP contribution in [0, 0.1) is 0 Å². The number of carbonyl (C=O) groups excluding carboxylic acids is 1. The molecular weight excluding hydrogens is 266 g/mol. The maximum atomic E-state index is 11.3. The molecule has 0 saturated carbocycles. The first-order valence-corrected chi connectivity index (χ1v) is 6.85. The number of methoxy groups -OCH3 is 1. The highest BCUT2D eigenvalue weighted by Gasteiger charge is 2.04. The number of ether oxygens (including phenoxy) is 1. The van der Waals surface area contributed by atoms with Crippen molar-refractivity contribution < 1.29 is 19.4 Å². The van der Waals surface area contributed by atoms with Gasteiger partial charge in [0.25, 0.3) is 0 Å². The van der Waals surface area contributed by atoms with Crippen molar-refractivity contribution in [3.05, 3.63) is 24.3 Å². The summed E-state index contributed by atoms with van der Waals surface area (Å²) in [6, 6.07) is 7.72. The highest BCUT2D eigenvalue weighted by molar-refractivity contribution is 7.99. The van der Waals surface area contributed by atoms with Gasteiger partial charge in [0.15, 0.2) is 0 Å². The molecule has 0 aromatic heterocycles. The fraction of sp³-hybridized carbons (Fsp3) is 0.385. The normalized spacial score (nSPS) is 9.95. The first kappa shape index (κ1) is 15.4. The van der Waals surface area contributed by atoms with E-state index in [1.807, 2.05) is 24.3 Å². The summed E-state index contributed by atoms with van der Waals surface area (Å²) >= 11 is 1.64. The topological polar surface area (TPSA) is 75.6 Å². The Morgan fingerprint density at radius 1 is 1.42 bits per heavy atom. The number of nitrogens with one attached hydrogen (secondary N) is 1. The molecule has 0 atom stereocenters. The average Bonchev–Trinajstić information content (AvgIpc) is 2.41. The predicted octanol–water partition coefficient (Wildman–Crippen LogP) is 1.77. The minimum atomic E-state index is -1.03. The standard InChI is InChI=1S/C13H17NO4S/c1-18-10-4-2-5-11(8-10)19-7-3-6-12(15)14-9-13(16)17/h2,4-5,8H,3,6-7,9H2,1H3,(H,14,15)(H,16,17). The van der Waals surface area contributed by atoms with Crippen LogP contribution in [-0.2, 0) is 9.59 Å².